The number of ether oxygens (including phenoxy) is 7. The van der Waals surface area contributed by atoms with Crippen LogP contribution in [0.5, 0.6) is 57.5 Å². The standard InChI is InChI=1S/C45H41F9O16S3/c1-61-33-14-24-10-31-18-38(66-6)28(21-41(31)69-72(57,58)44(49,50)51)9-29-22-42(70-73(59,60)45(52,53)54)32(19-39(29)67-7)12-26-16-35(63-3)25(15-36(26)64-4)11-30-17-37(65-5)27(8-23(33)13-34(24)62-2)20-40(30)68-71(55,56)43(46,47)48/h13-22H,8-12H2,1-7H3. The first-order chi connectivity index (χ1) is 33.9. The lowest BCUT2D eigenvalue weighted by atomic mass is 9.94. The minimum absolute atomic E-state index is 0.00447. The molecule has 5 aromatic carbocycles. The van der Waals surface area contributed by atoms with Crippen molar-refractivity contribution in [1.29, 1.82) is 0 Å². The van der Waals surface area contributed by atoms with E-state index in [1.54, 1.807) is 0 Å². The Bertz CT molecular complexity index is 3270. The van der Waals surface area contributed by atoms with Gasteiger partial charge in [0.1, 0.15) is 57.5 Å². The molecule has 0 saturated carbocycles. The Morgan fingerprint density at radius 2 is 0.397 bits per heavy atom. The maximum absolute atomic E-state index is 14.0. The van der Waals surface area contributed by atoms with E-state index in [1.165, 1.54) is 58.8 Å². The van der Waals surface area contributed by atoms with Gasteiger partial charge in [-0.25, -0.2) is 0 Å². The number of benzene rings is 5. The first-order valence-electron chi connectivity index (χ1n) is 20.5. The third-order valence-electron chi connectivity index (χ3n) is 11.1. The fourth-order valence-corrected chi connectivity index (χ4v) is 9.15. The van der Waals surface area contributed by atoms with E-state index in [1.807, 2.05) is 0 Å². The van der Waals surface area contributed by atoms with Crippen molar-refractivity contribution in [3.05, 3.63) is 116 Å². The van der Waals surface area contributed by atoms with Gasteiger partial charge in [0, 0.05) is 87.7 Å². The Balaban J connectivity index is 1.73. The second kappa shape index (κ2) is 20.7. The van der Waals surface area contributed by atoms with Crippen molar-refractivity contribution in [2.24, 2.45) is 0 Å². The van der Waals surface area contributed by atoms with E-state index in [0.717, 1.165) is 51.7 Å². The van der Waals surface area contributed by atoms with Crippen LogP contribution in [0.25, 0.3) is 0 Å². The Hall–Kier alpha value is -6.68. The van der Waals surface area contributed by atoms with E-state index in [-0.39, 0.29) is 102 Å². The fraction of sp³-hybridized carbons (Fsp3) is 0.333. The third kappa shape index (κ3) is 11.7. The predicted octanol–water partition coefficient (Wildman–Crippen LogP) is 8.70. The fourth-order valence-electron chi connectivity index (χ4n) is 7.69. The summed E-state index contributed by atoms with van der Waals surface area (Å²) in [4.78, 5) is 0. The van der Waals surface area contributed by atoms with Crippen LogP contribution in [0.3, 0.4) is 0 Å². The van der Waals surface area contributed by atoms with E-state index < -0.39 is 89.8 Å². The zero-order chi connectivity index (χ0) is 54.2. The van der Waals surface area contributed by atoms with Crippen LogP contribution in [-0.2, 0) is 62.5 Å². The molecule has 5 aromatic rings. The molecule has 0 aliphatic heterocycles. The summed E-state index contributed by atoms with van der Waals surface area (Å²) in [5.41, 5.74) is -18.6. The lowest BCUT2D eigenvalue weighted by Crippen LogP contribution is -2.28. The molecule has 0 atom stereocenters. The summed E-state index contributed by atoms with van der Waals surface area (Å²) in [6.07, 6.45) is -2.42. The van der Waals surface area contributed by atoms with Gasteiger partial charge in [-0.3, -0.25) is 0 Å². The quantitative estimate of drug-likeness (QED) is 0.0605. The van der Waals surface area contributed by atoms with Gasteiger partial charge in [0.05, 0.1) is 49.8 Å². The SMILES string of the molecule is COc1cc2c(OC)cc1Cc1cc(OS(=O)(=O)C(F)(F)F)c(cc1OC)Cc1cc(OC)c(cc1OC)Cc1cc(OC)c(cc1OS(=O)(=O)C(F)(F)F)Cc1cc(OS(=O)(=O)C(F)(F)F)c(cc1OC)C2. The van der Waals surface area contributed by atoms with E-state index in [9.17, 15) is 64.8 Å². The van der Waals surface area contributed by atoms with Crippen molar-refractivity contribution in [2.75, 3.05) is 49.8 Å². The number of rotatable bonds is 13. The van der Waals surface area contributed by atoms with Crippen LogP contribution in [0.4, 0.5) is 39.5 Å². The van der Waals surface area contributed by atoms with Crippen LogP contribution in [0.1, 0.15) is 55.6 Å². The summed E-state index contributed by atoms with van der Waals surface area (Å²) in [5, 5.41) is 0. The van der Waals surface area contributed by atoms with E-state index >= 15 is 0 Å². The Labute approximate surface area is 411 Å². The lowest BCUT2D eigenvalue weighted by Gasteiger charge is -2.21. The zero-order valence-corrected chi connectivity index (χ0v) is 41.4. The molecule has 10 aliphatic rings. The molecule has 0 radical (unpaired) electrons. The highest BCUT2D eigenvalue weighted by molar-refractivity contribution is 7.88. The molecule has 0 heterocycles. The first-order valence-corrected chi connectivity index (χ1v) is 24.7. The van der Waals surface area contributed by atoms with Gasteiger partial charge in [-0.05, 0) is 60.7 Å². The summed E-state index contributed by atoms with van der Waals surface area (Å²) in [7, 11) is -11.1. The molecule has 0 unspecified atom stereocenters. The monoisotopic (exact) mass is 1100 g/mol. The molecule has 73 heavy (non-hydrogen) atoms. The highest BCUT2D eigenvalue weighted by atomic mass is 32.2. The van der Waals surface area contributed by atoms with Crippen LogP contribution in [-0.4, -0.2) is 91.5 Å². The predicted molar refractivity (Wildman–Crippen MR) is 239 cm³/mol. The second-order valence-corrected chi connectivity index (χ2v) is 20.2. The van der Waals surface area contributed by atoms with Crippen molar-refractivity contribution in [3.8, 4) is 57.5 Å². The highest BCUT2D eigenvalue weighted by Crippen LogP contribution is 2.44. The Morgan fingerprint density at radius 1 is 0.274 bits per heavy atom. The number of hydrogen-bond donors (Lipinski definition) is 0. The summed E-state index contributed by atoms with van der Waals surface area (Å²) in [5.74, 6) is -3.32. The van der Waals surface area contributed by atoms with Gasteiger partial charge < -0.3 is 45.7 Å². The Morgan fingerprint density at radius 3 is 0.521 bits per heavy atom. The maximum Gasteiger partial charge on any atom is 0.534 e. The molecule has 0 aromatic heterocycles. The van der Waals surface area contributed by atoms with Gasteiger partial charge in [-0.2, -0.15) is 64.8 Å². The lowest BCUT2D eigenvalue weighted by molar-refractivity contribution is -0.0505. The minimum Gasteiger partial charge on any atom is -0.496 e. The van der Waals surface area contributed by atoms with Crippen molar-refractivity contribution in [2.45, 2.75) is 48.6 Å². The van der Waals surface area contributed by atoms with Gasteiger partial charge in [0.2, 0.25) is 0 Å². The minimum atomic E-state index is -6.45. The number of hydrogen-bond acceptors (Lipinski definition) is 16. The molecule has 0 saturated heterocycles. The maximum atomic E-state index is 14.0. The zero-order valence-electron chi connectivity index (χ0n) is 39.0. The molecular weight excluding hydrogens is 1060 g/mol. The van der Waals surface area contributed by atoms with E-state index in [2.05, 4.69) is 4.18 Å². The number of methoxy groups -OCH3 is 7. The summed E-state index contributed by atoms with van der Waals surface area (Å²) >= 11 is 0. The van der Waals surface area contributed by atoms with Crippen molar-refractivity contribution >= 4 is 30.4 Å². The molecule has 0 N–H and O–H groups in total. The van der Waals surface area contributed by atoms with Crippen LogP contribution in [0.2, 0.25) is 0 Å². The summed E-state index contributed by atoms with van der Waals surface area (Å²) in [6, 6.07) is 11.2. The molecule has 0 spiro atoms. The van der Waals surface area contributed by atoms with Gasteiger partial charge >= 0.3 is 46.9 Å². The molecule has 398 valence electrons. The van der Waals surface area contributed by atoms with Gasteiger partial charge in [-0.1, -0.05) is 0 Å². The highest BCUT2D eigenvalue weighted by Gasteiger charge is 2.51. The molecule has 16 nitrogen and oxygen atoms in total. The molecule has 0 fully saturated rings. The summed E-state index contributed by atoms with van der Waals surface area (Å²) < 4.78 is 255. The van der Waals surface area contributed by atoms with Crippen LogP contribution in [0.15, 0.2) is 60.7 Å². The van der Waals surface area contributed by atoms with Crippen molar-refractivity contribution in [3.63, 3.8) is 0 Å². The van der Waals surface area contributed by atoms with Crippen LogP contribution < -0.4 is 45.7 Å². The topological polar surface area (TPSA) is 195 Å². The van der Waals surface area contributed by atoms with E-state index in [0.29, 0.717) is 0 Å². The largest absolute Gasteiger partial charge is 0.534 e. The molecule has 10 aliphatic carbocycles. The normalized spacial score (nSPS) is 13.5. The first kappa shape index (κ1) is 55.6. The molecular formula is C45H41F9O16S3. The van der Waals surface area contributed by atoms with Gasteiger partial charge in [0.15, 0.2) is 0 Å². The average Bonchev–Trinajstić information content (AvgIpc) is 3.29. The number of halogens is 9. The van der Waals surface area contributed by atoms with E-state index in [4.69, 9.17) is 41.5 Å². The molecule has 15 rings (SSSR count). The Kier molecular flexibility index (Phi) is 15.8. The van der Waals surface area contributed by atoms with Crippen molar-refractivity contribution in [1.82, 2.24) is 0 Å². The average molecular weight is 1100 g/mol. The van der Waals surface area contributed by atoms with Gasteiger partial charge in [-0.15, -0.1) is 0 Å². The third-order valence-corrected chi connectivity index (χ3v) is 14.0. The molecule has 0 amide bonds. The van der Waals surface area contributed by atoms with Gasteiger partial charge in [0.25, 0.3) is 0 Å². The van der Waals surface area contributed by atoms with Crippen LogP contribution >= 0.6 is 0 Å². The smallest absolute Gasteiger partial charge is 0.496 e. The van der Waals surface area contributed by atoms with Crippen LogP contribution in [0, 0.1) is 0 Å². The number of alkyl halides is 9. The van der Waals surface area contributed by atoms with Crippen molar-refractivity contribution < 1.29 is 110 Å². The summed E-state index contributed by atoms with van der Waals surface area (Å²) in [6.45, 7) is 0. The molecule has 10 bridgehead atoms. The molecule has 28 heteroatoms. The second-order valence-electron chi connectivity index (χ2n) is 15.6.